The van der Waals surface area contributed by atoms with Crippen LogP contribution < -0.4 is 4.18 Å². The zero-order chi connectivity index (χ0) is 22.0. The van der Waals surface area contributed by atoms with Gasteiger partial charge in [-0.1, -0.05) is 19.9 Å². The van der Waals surface area contributed by atoms with E-state index in [9.17, 15) is 39.6 Å². The lowest BCUT2D eigenvalue weighted by molar-refractivity contribution is -0.192. The maximum Gasteiger partial charge on any atom is 0.534 e. The number of likely N-dealkylation sites (tertiary alicyclic amines) is 1. The molecule has 0 spiro atoms. The molecule has 1 amide bonds. The molecule has 1 aromatic rings. The summed E-state index contributed by atoms with van der Waals surface area (Å²) < 4.78 is 103. The molecule has 3 rings (SSSR count). The minimum Gasteiger partial charge on any atom is -0.376 e. The van der Waals surface area contributed by atoms with Gasteiger partial charge in [-0.15, -0.1) is 0 Å². The number of carbonyl (C=O) groups is 1. The molecule has 3 atom stereocenters. The monoisotopic (exact) mass is 445 g/mol. The van der Waals surface area contributed by atoms with Crippen molar-refractivity contribution in [3.05, 3.63) is 29.3 Å². The summed E-state index contributed by atoms with van der Waals surface area (Å²) in [5.74, 6) is -2.89. The second-order valence-corrected chi connectivity index (χ2v) is 9.06. The van der Waals surface area contributed by atoms with Gasteiger partial charge in [0.15, 0.2) is 0 Å². The molecule has 12 heteroatoms. The summed E-state index contributed by atoms with van der Waals surface area (Å²) in [7, 11) is -5.85. The lowest BCUT2D eigenvalue weighted by atomic mass is 9.59. The summed E-state index contributed by atoms with van der Waals surface area (Å²) in [4.78, 5) is 12.6. The number of hydrogen-bond donors (Lipinski definition) is 0. The average molecular weight is 445 g/mol. The highest BCUT2D eigenvalue weighted by molar-refractivity contribution is 7.88. The first-order valence-corrected chi connectivity index (χ1v) is 10.0. The predicted molar refractivity (Wildman–Crippen MR) is 88.4 cm³/mol. The molecule has 1 saturated heterocycles. The van der Waals surface area contributed by atoms with Crippen LogP contribution in [0.25, 0.3) is 0 Å². The van der Waals surface area contributed by atoms with Crippen LogP contribution in [0.4, 0.5) is 26.3 Å². The van der Waals surface area contributed by atoms with Crippen molar-refractivity contribution in [2.24, 2.45) is 5.92 Å². The Morgan fingerprint density at radius 2 is 1.83 bits per heavy atom. The molecule has 2 unspecified atom stereocenters. The zero-order valence-corrected chi connectivity index (χ0v) is 16.1. The number of piperidine rings is 1. The van der Waals surface area contributed by atoms with Crippen molar-refractivity contribution < 1.29 is 43.7 Å². The number of alkyl halides is 6. The van der Waals surface area contributed by atoms with Crippen LogP contribution in [0.3, 0.4) is 0 Å². The van der Waals surface area contributed by atoms with Gasteiger partial charge in [-0.2, -0.15) is 34.8 Å². The van der Waals surface area contributed by atoms with Gasteiger partial charge in [0, 0.05) is 12.6 Å². The predicted octanol–water partition coefficient (Wildman–Crippen LogP) is 3.53. The molecule has 1 heterocycles. The number of hydrogen-bond acceptors (Lipinski definition) is 4. The van der Waals surface area contributed by atoms with E-state index in [0.717, 1.165) is 11.0 Å². The van der Waals surface area contributed by atoms with Crippen molar-refractivity contribution in [2.75, 3.05) is 6.54 Å². The molecule has 29 heavy (non-hydrogen) atoms. The third-order valence-corrected chi connectivity index (χ3v) is 6.95. The second kappa shape index (κ2) is 6.51. The van der Waals surface area contributed by atoms with Gasteiger partial charge in [-0.25, -0.2) is 0 Å². The third-order valence-electron chi connectivity index (χ3n) is 5.97. The van der Waals surface area contributed by atoms with Crippen molar-refractivity contribution in [3.8, 4) is 5.75 Å². The lowest BCUT2D eigenvalue weighted by Crippen LogP contribution is -2.61. The fourth-order valence-electron chi connectivity index (χ4n) is 4.24. The molecule has 1 fully saturated rings. The van der Waals surface area contributed by atoms with Gasteiger partial charge in [-0.3, -0.25) is 4.79 Å². The Morgan fingerprint density at radius 1 is 1.21 bits per heavy atom. The van der Waals surface area contributed by atoms with Gasteiger partial charge < -0.3 is 9.08 Å². The normalized spacial score (nSPS) is 27.4. The standard InChI is InChI=1S/C17H17F6NO4S/c1-9-13-7-10-3-4-11(28-29(26,27)17(21,22)23)8-12(10)15(9,2)5-6-24(13)14(25)16(18,19)20/h3-4,8-9,13H,5-7H2,1-2H3/t9?,13-,15?/m1/s1. The first kappa shape index (κ1) is 21.7. The smallest absolute Gasteiger partial charge is 0.376 e. The summed E-state index contributed by atoms with van der Waals surface area (Å²) in [6.45, 7) is 3.23. The van der Waals surface area contributed by atoms with Gasteiger partial charge in [0.2, 0.25) is 0 Å². The number of nitrogens with zero attached hydrogens (tertiary/aromatic N) is 1. The maximum atomic E-state index is 12.9. The van der Waals surface area contributed by atoms with Gasteiger partial charge in [0.05, 0.1) is 0 Å². The zero-order valence-electron chi connectivity index (χ0n) is 15.3. The fourth-order valence-corrected chi connectivity index (χ4v) is 4.69. The Labute approximate surface area is 162 Å². The summed E-state index contributed by atoms with van der Waals surface area (Å²) in [6, 6.07) is 2.80. The number of amides is 1. The van der Waals surface area contributed by atoms with E-state index in [-0.39, 0.29) is 19.4 Å². The molecule has 2 aliphatic rings. The van der Waals surface area contributed by atoms with Crippen LogP contribution in [0.1, 0.15) is 31.4 Å². The van der Waals surface area contributed by atoms with E-state index in [1.807, 2.05) is 0 Å². The molecular formula is C17H17F6NO4S. The van der Waals surface area contributed by atoms with Gasteiger partial charge in [0.25, 0.3) is 0 Å². The Morgan fingerprint density at radius 3 is 2.38 bits per heavy atom. The van der Waals surface area contributed by atoms with Crippen LogP contribution in [0.2, 0.25) is 0 Å². The topological polar surface area (TPSA) is 63.7 Å². The Hall–Kier alpha value is -1.98. The Bertz CT molecular complexity index is 942. The van der Waals surface area contributed by atoms with Gasteiger partial charge in [-0.05, 0) is 47.4 Å². The van der Waals surface area contributed by atoms with E-state index >= 15 is 0 Å². The van der Waals surface area contributed by atoms with E-state index in [1.165, 1.54) is 12.1 Å². The molecule has 162 valence electrons. The minimum atomic E-state index is -5.85. The fraction of sp³-hybridized carbons (Fsp3) is 0.588. The number of benzene rings is 1. The SMILES string of the molecule is CC1[C@H]2Cc3ccc(OS(=O)(=O)C(F)(F)F)cc3C1(C)CCN2C(=O)C(F)(F)F. The molecular weight excluding hydrogens is 428 g/mol. The molecule has 0 radical (unpaired) electrons. The number of rotatable bonds is 2. The van der Waals surface area contributed by atoms with Crippen LogP contribution >= 0.6 is 0 Å². The van der Waals surface area contributed by atoms with Crippen LogP contribution in [-0.4, -0.2) is 43.5 Å². The molecule has 1 aliphatic heterocycles. The summed E-state index contributed by atoms with van der Waals surface area (Å²) in [5.41, 5.74) is -5.31. The highest BCUT2D eigenvalue weighted by Gasteiger charge is 2.54. The van der Waals surface area contributed by atoms with E-state index in [0.29, 0.717) is 11.1 Å². The Kier molecular flexibility index (Phi) is 4.88. The molecule has 5 nitrogen and oxygen atoms in total. The van der Waals surface area contributed by atoms with Crippen LogP contribution in [0.15, 0.2) is 18.2 Å². The average Bonchev–Trinajstić information content (AvgIpc) is 2.56. The lowest BCUT2D eigenvalue weighted by Gasteiger charge is -2.54. The molecule has 1 aromatic carbocycles. The molecule has 0 aromatic heterocycles. The summed E-state index contributed by atoms with van der Waals surface area (Å²) in [6.07, 6.45) is -4.80. The minimum absolute atomic E-state index is 0.0697. The quantitative estimate of drug-likeness (QED) is 0.397. The van der Waals surface area contributed by atoms with E-state index in [4.69, 9.17) is 0 Å². The first-order chi connectivity index (χ1) is 13.1. The highest BCUT2D eigenvalue weighted by atomic mass is 32.2. The number of fused-ring (bicyclic) bond motifs is 4. The van der Waals surface area contributed by atoms with E-state index < -0.39 is 50.8 Å². The number of halogens is 6. The Balaban J connectivity index is 1.98. The second-order valence-electron chi connectivity index (χ2n) is 7.53. The van der Waals surface area contributed by atoms with Crippen molar-refractivity contribution >= 4 is 16.0 Å². The van der Waals surface area contributed by atoms with E-state index in [2.05, 4.69) is 4.18 Å². The molecule has 1 aliphatic carbocycles. The van der Waals surface area contributed by atoms with Crippen molar-refractivity contribution in [2.45, 2.75) is 49.8 Å². The third kappa shape index (κ3) is 3.55. The van der Waals surface area contributed by atoms with Crippen LogP contribution in [0, 0.1) is 5.92 Å². The van der Waals surface area contributed by atoms with Crippen LogP contribution in [0.5, 0.6) is 5.75 Å². The summed E-state index contributed by atoms with van der Waals surface area (Å²) >= 11 is 0. The van der Waals surface area contributed by atoms with E-state index in [1.54, 1.807) is 13.8 Å². The largest absolute Gasteiger partial charge is 0.534 e. The molecule has 0 N–H and O–H groups in total. The summed E-state index contributed by atoms with van der Waals surface area (Å²) in [5, 5.41) is 0. The first-order valence-electron chi connectivity index (χ1n) is 8.60. The van der Waals surface area contributed by atoms with Gasteiger partial charge >= 0.3 is 27.7 Å². The molecule has 2 bridgehead atoms. The van der Waals surface area contributed by atoms with Crippen molar-refractivity contribution in [1.29, 1.82) is 0 Å². The van der Waals surface area contributed by atoms with Crippen molar-refractivity contribution in [3.63, 3.8) is 0 Å². The number of carbonyl (C=O) groups excluding carboxylic acids is 1. The van der Waals surface area contributed by atoms with Crippen LogP contribution in [-0.2, 0) is 26.7 Å². The van der Waals surface area contributed by atoms with Crippen molar-refractivity contribution in [1.82, 2.24) is 4.90 Å². The highest BCUT2D eigenvalue weighted by Crippen LogP contribution is 2.50. The van der Waals surface area contributed by atoms with Gasteiger partial charge in [0.1, 0.15) is 5.75 Å². The maximum absolute atomic E-state index is 12.9. The molecule has 0 saturated carbocycles.